The molecule has 0 fully saturated rings. The predicted octanol–water partition coefficient (Wildman–Crippen LogP) is -2.74. The summed E-state index contributed by atoms with van der Waals surface area (Å²) in [7, 11) is 0. The molecule has 0 bridgehead atoms. The fourth-order valence-electron chi connectivity index (χ4n) is 2.87. The standard InChI is InChI=1S/C21H30N6O7/c1-11(18(30)27-15(21(33)34)9-12-5-3-2-4-6-12)25-20(32)14(7-8-16(23)28)26-19(31)13(22)10-17(24)29/h2-6,11,13-15H,7-10,22H2,1H3,(H2,23,28)(H2,24,29)(H,25,32)(H,26,31)(H,27,30)(H,33,34). The number of aliphatic carboxylic acids is 1. The topological polar surface area (TPSA) is 237 Å². The van der Waals surface area contributed by atoms with Gasteiger partial charge < -0.3 is 38.3 Å². The summed E-state index contributed by atoms with van der Waals surface area (Å²) in [4.78, 5) is 71.0. The zero-order chi connectivity index (χ0) is 25.8. The second kappa shape index (κ2) is 13.5. The fraction of sp³-hybridized carbons (Fsp3) is 0.429. The lowest BCUT2D eigenvalue weighted by Crippen LogP contribution is -2.56. The summed E-state index contributed by atoms with van der Waals surface area (Å²) in [5.41, 5.74) is 16.4. The maximum Gasteiger partial charge on any atom is 0.326 e. The van der Waals surface area contributed by atoms with E-state index in [2.05, 4.69) is 16.0 Å². The van der Waals surface area contributed by atoms with Gasteiger partial charge in [-0.3, -0.25) is 24.0 Å². The van der Waals surface area contributed by atoms with Gasteiger partial charge in [0.15, 0.2) is 0 Å². The maximum absolute atomic E-state index is 12.7. The van der Waals surface area contributed by atoms with Crippen molar-refractivity contribution in [1.29, 1.82) is 0 Å². The van der Waals surface area contributed by atoms with Crippen molar-refractivity contribution in [2.45, 2.75) is 56.8 Å². The van der Waals surface area contributed by atoms with Gasteiger partial charge in [-0.1, -0.05) is 30.3 Å². The van der Waals surface area contributed by atoms with Gasteiger partial charge in [0.1, 0.15) is 18.1 Å². The lowest BCUT2D eigenvalue weighted by molar-refractivity contribution is -0.142. The third-order valence-corrected chi connectivity index (χ3v) is 4.72. The van der Waals surface area contributed by atoms with Crippen LogP contribution in [0.5, 0.6) is 0 Å². The summed E-state index contributed by atoms with van der Waals surface area (Å²) in [6.07, 6.45) is -0.900. The molecule has 5 amide bonds. The van der Waals surface area contributed by atoms with Gasteiger partial charge in [0.05, 0.1) is 12.5 Å². The van der Waals surface area contributed by atoms with Crippen molar-refractivity contribution in [1.82, 2.24) is 16.0 Å². The molecule has 13 heteroatoms. The van der Waals surface area contributed by atoms with Crippen LogP contribution in [0.4, 0.5) is 0 Å². The lowest BCUT2D eigenvalue weighted by Gasteiger charge is -2.23. The highest BCUT2D eigenvalue weighted by Crippen LogP contribution is 2.05. The normalized spacial score (nSPS) is 14.1. The number of carboxylic acids is 1. The number of amides is 5. The number of primary amides is 2. The van der Waals surface area contributed by atoms with Crippen LogP contribution in [-0.4, -0.2) is 64.8 Å². The van der Waals surface area contributed by atoms with E-state index in [1.165, 1.54) is 6.92 Å². The molecule has 1 aromatic carbocycles. The molecular formula is C21H30N6O7. The van der Waals surface area contributed by atoms with Gasteiger partial charge in [-0.2, -0.15) is 0 Å². The third-order valence-electron chi connectivity index (χ3n) is 4.72. The van der Waals surface area contributed by atoms with Gasteiger partial charge in [-0.05, 0) is 18.9 Å². The van der Waals surface area contributed by atoms with E-state index < -0.39 is 66.1 Å². The minimum atomic E-state index is -1.32. The monoisotopic (exact) mass is 478 g/mol. The SMILES string of the molecule is CC(NC(=O)C(CCC(N)=O)NC(=O)C(N)CC(N)=O)C(=O)NC(Cc1ccccc1)C(=O)O. The Hall–Kier alpha value is -4.00. The van der Waals surface area contributed by atoms with Crippen LogP contribution in [0.15, 0.2) is 30.3 Å². The number of carboxylic acid groups (broad SMARTS) is 1. The Morgan fingerprint density at radius 3 is 1.97 bits per heavy atom. The molecule has 4 atom stereocenters. The first-order valence-corrected chi connectivity index (χ1v) is 10.4. The highest BCUT2D eigenvalue weighted by molar-refractivity contribution is 5.95. The van der Waals surface area contributed by atoms with Gasteiger partial charge in [0.2, 0.25) is 29.5 Å². The van der Waals surface area contributed by atoms with Gasteiger partial charge in [-0.25, -0.2) is 4.79 Å². The Bertz CT molecular complexity index is 908. The molecule has 1 aromatic rings. The fourth-order valence-corrected chi connectivity index (χ4v) is 2.87. The average molecular weight is 479 g/mol. The van der Waals surface area contributed by atoms with E-state index in [-0.39, 0.29) is 19.3 Å². The minimum Gasteiger partial charge on any atom is -0.480 e. The second-order valence-corrected chi connectivity index (χ2v) is 7.66. The van der Waals surface area contributed by atoms with Crippen LogP contribution in [0.3, 0.4) is 0 Å². The number of rotatable bonds is 14. The summed E-state index contributed by atoms with van der Waals surface area (Å²) in [6, 6.07) is 3.60. The molecule has 0 saturated heterocycles. The molecule has 0 radical (unpaired) electrons. The van der Waals surface area contributed by atoms with Crippen LogP contribution >= 0.6 is 0 Å². The van der Waals surface area contributed by atoms with Gasteiger partial charge >= 0.3 is 5.97 Å². The summed E-state index contributed by atoms with van der Waals surface area (Å²) in [6.45, 7) is 1.32. The van der Waals surface area contributed by atoms with Crippen LogP contribution in [0, 0.1) is 0 Å². The van der Waals surface area contributed by atoms with Gasteiger partial charge in [0.25, 0.3) is 0 Å². The zero-order valence-electron chi connectivity index (χ0n) is 18.7. The van der Waals surface area contributed by atoms with E-state index >= 15 is 0 Å². The van der Waals surface area contributed by atoms with Crippen molar-refractivity contribution < 1.29 is 33.9 Å². The first kappa shape index (κ1) is 28.0. The molecule has 0 spiro atoms. The molecule has 0 heterocycles. The summed E-state index contributed by atoms with van der Waals surface area (Å²) in [5.74, 6) is -5.29. The number of carbonyl (C=O) groups is 6. The lowest BCUT2D eigenvalue weighted by atomic mass is 10.1. The van der Waals surface area contributed by atoms with Crippen LogP contribution in [0.1, 0.15) is 31.7 Å². The van der Waals surface area contributed by atoms with Crippen molar-refractivity contribution >= 4 is 35.5 Å². The van der Waals surface area contributed by atoms with Crippen molar-refractivity contribution in [2.24, 2.45) is 17.2 Å². The van der Waals surface area contributed by atoms with E-state index in [1.54, 1.807) is 30.3 Å². The van der Waals surface area contributed by atoms with Crippen LogP contribution in [0.2, 0.25) is 0 Å². The molecule has 34 heavy (non-hydrogen) atoms. The Morgan fingerprint density at radius 2 is 1.44 bits per heavy atom. The average Bonchev–Trinajstić information content (AvgIpc) is 2.75. The van der Waals surface area contributed by atoms with E-state index in [1.807, 2.05) is 0 Å². The summed E-state index contributed by atoms with van der Waals surface area (Å²) >= 11 is 0. The smallest absolute Gasteiger partial charge is 0.326 e. The number of benzene rings is 1. The van der Waals surface area contributed by atoms with Crippen LogP contribution < -0.4 is 33.2 Å². The maximum atomic E-state index is 12.7. The summed E-state index contributed by atoms with van der Waals surface area (Å²) < 4.78 is 0. The number of carbonyl (C=O) groups excluding carboxylic acids is 5. The molecule has 0 aliphatic carbocycles. The minimum absolute atomic E-state index is 0.0254. The number of hydrogen-bond donors (Lipinski definition) is 7. The Labute approximate surface area is 195 Å². The highest BCUT2D eigenvalue weighted by atomic mass is 16.4. The van der Waals surface area contributed by atoms with Crippen molar-refractivity contribution in [3.8, 4) is 0 Å². The molecule has 4 unspecified atom stereocenters. The van der Waals surface area contributed by atoms with Gasteiger partial charge in [0, 0.05) is 12.8 Å². The molecular weight excluding hydrogens is 448 g/mol. The number of nitrogens with one attached hydrogen (secondary N) is 3. The van der Waals surface area contributed by atoms with Crippen molar-refractivity contribution in [3.63, 3.8) is 0 Å². The molecule has 13 nitrogen and oxygen atoms in total. The Kier molecular flexibility index (Phi) is 11.2. The molecule has 1 rings (SSSR count). The molecule has 0 saturated carbocycles. The number of nitrogens with two attached hydrogens (primary N) is 3. The van der Waals surface area contributed by atoms with Crippen LogP contribution in [0.25, 0.3) is 0 Å². The number of hydrogen-bond acceptors (Lipinski definition) is 7. The van der Waals surface area contributed by atoms with Crippen LogP contribution in [-0.2, 0) is 35.2 Å². The predicted molar refractivity (Wildman–Crippen MR) is 119 cm³/mol. The molecule has 0 aliphatic rings. The van der Waals surface area contributed by atoms with E-state index in [4.69, 9.17) is 17.2 Å². The Morgan fingerprint density at radius 1 is 0.853 bits per heavy atom. The molecule has 0 aliphatic heterocycles. The van der Waals surface area contributed by atoms with E-state index in [9.17, 15) is 33.9 Å². The summed E-state index contributed by atoms with van der Waals surface area (Å²) in [5, 5.41) is 16.4. The molecule has 0 aromatic heterocycles. The highest BCUT2D eigenvalue weighted by Gasteiger charge is 2.29. The second-order valence-electron chi connectivity index (χ2n) is 7.66. The third kappa shape index (κ3) is 10.1. The van der Waals surface area contributed by atoms with Crippen molar-refractivity contribution in [3.05, 3.63) is 35.9 Å². The van der Waals surface area contributed by atoms with E-state index in [0.717, 1.165) is 0 Å². The molecule has 186 valence electrons. The first-order valence-electron chi connectivity index (χ1n) is 10.4. The van der Waals surface area contributed by atoms with Gasteiger partial charge in [-0.15, -0.1) is 0 Å². The zero-order valence-corrected chi connectivity index (χ0v) is 18.7. The molecule has 10 N–H and O–H groups in total. The quantitative estimate of drug-likeness (QED) is 0.148. The Balaban J connectivity index is 2.81. The van der Waals surface area contributed by atoms with Crippen molar-refractivity contribution in [2.75, 3.05) is 0 Å². The van der Waals surface area contributed by atoms with E-state index in [0.29, 0.717) is 5.56 Å². The largest absolute Gasteiger partial charge is 0.480 e. The first-order chi connectivity index (χ1) is 15.9.